The van der Waals surface area contributed by atoms with Crippen LogP contribution >= 0.6 is 0 Å². The van der Waals surface area contributed by atoms with Crippen LogP contribution in [0, 0.1) is 0 Å². The molecule has 1 aliphatic heterocycles. The van der Waals surface area contributed by atoms with Crippen molar-refractivity contribution in [3.05, 3.63) is 47.5 Å². The van der Waals surface area contributed by atoms with Crippen LogP contribution in [0.25, 0.3) is 0 Å². The van der Waals surface area contributed by atoms with Gasteiger partial charge in [-0.25, -0.2) is 9.59 Å². The van der Waals surface area contributed by atoms with Gasteiger partial charge < -0.3 is 14.9 Å². The zero-order valence-corrected chi connectivity index (χ0v) is 12.4. The van der Waals surface area contributed by atoms with Gasteiger partial charge in [0.05, 0.1) is 5.56 Å². The van der Waals surface area contributed by atoms with E-state index in [1.807, 2.05) is 13.8 Å². The lowest BCUT2D eigenvalue weighted by Gasteiger charge is -2.30. The molecule has 1 heterocycles. The molecule has 5 heteroatoms. The molecule has 0 bridgehead atoms. The Kier molecular flexibility index (Phi) is 4.31. The molecule has 0 saturated heterocycles. The van der Waals surface area contributed by atoms with Gasteiger partial charge in [-0.1, -0.05) is 12.1 Å². The molecule has 21 heavy (non-hydrogen) atoms. The van der Waals surface area contributed by atoms with E-state index < -0.39 is 5.97 Å². The lowest BCUT2D eigenvalue weighted by atomic mass is 10.1. The second-order valence-corrected chi connectivity index (χ2v) is 5.46. The van der Waals surface area contributed by atoms with Crippen molar-refractivity contribution in [1.82, 2.24) is 9.80 Å². The third kappa shape index (κ3) is 3.07. The van der Waals surface area contributed by atoms with Crippen molar-refractivity contribution < 1.29 is 14.7 Å². The maximum atomic E-state index is 12.6. The minimum Gasteiger partial charge on any atom is -0.478 e. The highest BCUT2D eigenvalue weighted by molar-refractivity contribution is 5.88. The first-order valence-corrected chi connectivity index (χ1v) is 6.95. The summed E-state index contributed by atoms with van der Waals surface area (Å²) in [6.07, 6.45) is 1.71. The summed E-state index contributed by atoms with van der Waals surface area (Å²) in [6, 6.07) is 5.07. The van der Waals surface area contributed by atoms with Crippen molar-refractivity contribution >= 4 is 12.0 Å². The van der Waals surface area contributed by atoms with E-state index in [4.69, 9.17) is 5.11 Å². The summed E-state index contributed by atoms with van der Waals surface area (Å²) < 4.78 is 0. The molecular formula is C16H20N2O3. The monoisotopic (exact) mass is 288 g/mol. The minimum atomic E-state index is -0.946. The van der Waals surface area contributed by atoms with Gasteiger partial charge in [0, 0.05) is 25.7 Å². The van der Waals surface area contributed by atoms with Crippen molar-refractivity contribution in [3.63, 3.8) is 0 Å². The molecule has 0 aromatic heterocycles. The molecule has 112 valence electrons. The number of nitrogens with zero attached hydrogens (tertiary/aromatic N) is 2. The number of hydrogen-bond acceptors (Lipinski definition) is 2. The highest BCUT2D eigenvalue weighted by Gasteiger charge is 2.28. The van der Waals surface area contributed by atoms with Crippen LogP contribution in [0.4, 0.5) is 4.79 Å². The number of rotatable bonds is 4. The number of carboxylic acid groups (broad SMARTS) is 1. The van der Waals surface area contributed by atoms with Gasteiger partial charge in [-0.05, 0) is 37.1 Å². The predicted octanol–water partition coefficient (Wildman–Crippen LogP) is 2.72. The van der Waals surface area contributed by atoms with Crippen LogP contribution in [0.1, 0.15) is 35.3 Å². The van der Waals surface area contributed by atoms with Crippen LogP contribution < -0.4 is 0 Å². The second kappa shape index (κ2) is 5.99. The molecule has 1 aromatic carbocycles. The molecule has 1 aliphatic rings. The van der Waals surface area contributed by atoms with E-state index in [1.54, 1.807) is 34.1 Å². The first-order chi connectivity index (χ1) is 9.93. The van der Waals surface area contributed by atoms with Gasteiger partial charge in [-0.3, -0.25) is 0 Å². The largest absolute Gasteiger partial charge is 0.478 e. The van der Waals surface area contributed by atoms with E-state index in [9.17, 15) is 9.59 Å². The zero-order chi connectivity index (χ0) is 15.6. The number of urea groups is 1. The fraction of sp³-hybridized carbons (Fsp3) is 0.375. The van der Waals surface area contributed by atoms with E-state index in [0.29, 0.717) is 19.6 Å². The van der Waals surface area contributed by atoms with Gasteiger partial charge in [-0.15, -0.1) is 6.58 Å². The quantitative estimate of drug-likeness (QED) is 0.867. The van der Waals surface area contributed by atoms with Gasteiger partial charge >= 0.3 is 12.0 Å². The standard InChI is InChI=1S/C16H20N2O3/c1-4-7-18(11(2)3)16(21)17-9-13-6-5-12(15(19)20)8-14(13)10-17/h4-6,8,11H,1,7,9-10H2,2-3H3,(H,19,20). The fourth-order valence-corrected chi connectivity index (χ4v) is 2.49. The summed E-state index contributed by atoms with van der Waals surface area (Å²) in [4.78, 5) is 27.0. The molecule has 2 rings (SSSR count). The maximum absolute atomic E-state index is 12.6. The van der Waals surface area contributed by atoms with Crippen LogP contribution in [-0.4, -0.2) is 39.5 Å². The Morgan fingerprint density at radius 1 is 1.38 bits per heavy atom. The number of hydrogen-bond donors (Lipinski definition) is 1. The van der Waals surface area contributed by atoms with Crippen molar-refractivity contribution in [2.45, 2.75) is 33.0 Å². The lowest BCUT2D eigenvalue weighted by Crippen LogP contribution is -2.44. The highest BCUT2D eigenvalue weighted by atomic mass is 16.4. The van der Waals surface area contributed by atoms with Gasteiger partial charge in [-0.2, -0.15) is 0 Å². The molecule has 0 atom stereocenters. The Balaban J connectivity index is 2.16. The molecule has 2 amide bonds. The number of carbonyl (C=O) groups excluding carboxylic acids is 1. The van der Waals surface area contributed by atoms with Crippen molar-refractivity contribution in [1.29, 1.82) is 0 Å². The van der Waals surface area contributed by atoms with Crippen LogP contribution in [0.5, 0.6) is 0 Å². The topological polar surface area (TPSA) is 60.9 Å². The first-order valence-electron chi connectivity index (χ1n) is 6.95. The number of carboxylic acids is 1. The highest BCUT2D eigenvalue weighted by Crippen LogP contribution is 2.25. The van der Waals surface area contributed by atoms with Crippen molar-refractivity contribution in [2.75, 3.05) is 6.54 Å². The third-order valence-corrected chi connectivity index (χ3v) is 3.64. The summed E-state index contributed by atoms with van der Waals surface area (Å²) in [7, 11) is 0. The number of aromatic carboxylic acids is 1. The second-order valence-electron chi connectivity index (χ2n) is 5.46. The van der Waals surface area contributed by atoms with Crippen LogP contribution in [0.2, 0.25) is 0 Å². The Morgan fingerprint density at radius 3 is 2.62 bits per heavy atom. The SMILES string of the molecule is C=CCN(C(=O)N1Cc2ccc(C(=O)O)cc2C1)C(C)C. The van der Waals surface area contributed by atoms with E-state index in [1.165, 1.54) is 0 Å². The van der Waals surface area contributed by atoms with Crippen LogP contribution in [0.15, 0.2) is 30.9 Å². The number of fused-ring (bicyclic) bond motifs is 1. The Bertz CT molecular complexity index is 581. The van der Waals surface area contributed by atoms with Crippen molar-refractivity contribution in [3.8, 4) is 0 Å². The molecule has 5 nitrogen and oxygen atoms in total. The van der Waals surface area contributed by atoms with Gasteiger partial charge in [0.1, 0.15) is 0 Å². The zero-order valence-electron chi connectivity index (χ0n) is 12.4. The summed E-state index contributed by atoms with van der Waals surface area (Å²) in [6.45, 7) is 9.10. The van der Waals surface area contributed by atoms with E-state index in [2.05, 4.69) is 6.58 Å². The van der Waals surface area contributed by atoms with Crippen LogP contribution in [0.3, 0.4) is 0 Å². The van der Waals surface area contributed by atoms with Gasteiger partial charge in [0.2, 0.25) is 0 Å². The van der Waals surface area contributed by atoms with Gasteiger partial charge in [0.15, 0.2) is 0 Å². The molecule has 0 fully saturated rings. The van der Waals surface area contributed by atoms with Crippen molar-refractivity contribution in [2.24, 2.45) is 0 Å². The van der Waals surface area contributed by atoms with E-state index >= 15 is 0 Å². The minimum absolute atomic E-state index is 0.0435. The predicted molar refractivity (Wildman–Crippen MR) is 80.1 cm³/mol. The molecule has 0 radical (unpaired) electrons. The lowest BCUT2D eigenvalue weighted by molar-refractivity contribution is 0.0696. The summed E-state index contributed by atoms with van der Waals surface area (Å²) in [5.41, 5.74) is 2.18. The molecule has 0 saturated carbocycles. The van der Waals surface area contributed by atoms with E-state index in [0.717, 1.165) is 11.1 Å². The number of benzene rings is 1. The molecule has 1 aromatic rings. The summed E-state index contributed by atoms with van der Waals surface area (Å²) in [5, 5.41) is 9.02. The summed E-state index contributed by atoms with van der Waals surface area (Å²) in [5.74, 6) is -0.946. The average Bonchev–Trinajstić information content (AvgIpc) is 2.86. The Morgan fingerprint density at radius 2 is 2.05 bits per heavy atom. The van der Waals surface area contributed by atoms with E-state index in [-0.39, 0.29) is 17.6 Å². The Hall–Kier alpha value is -2.30. The Labute approximate surface area is 124 Å². The van der Waals surface area contributed by atoms with Gasteiger partial charge in [0.25, 0.3) is 0 Å². The first kappa shape index (κ1) is 15.1. The average molecular weight is 288 g/mol. The molecule has 0 aliphatic carbocycles. The fourth-order valence-electron chi connectivity index (χ4n) is 2.49. The maximum Gasteiger partial charge on any atom is 0.335 e. The normalized spacial score (nSPS) is 13.2. The summed E-state index contributed by atoms with van der Waals surface area (Å²) >= 11 is 0. The third-order valence-electron chi connectivity index (χ3n) is 3.64. The number of amides is 2. The molecule has 0 unspecified atom stereocenters. The molecular weight excluding hydrogens is 268 g/mol. The number of carbonyl (C=O) groups is 2. The molecule has 0 spiro atoms. The molecule has 1 N–H and O–H groups in total. The smallest absolute Gasteiger partial charge is 0.335 e. The van der Waals surface area contributed by atoms with Crippen LogP contribution in [-0.2, 0) is 13.1 Å².